The summed E-state index contributed by atoms with van der Waals surface area (Å²) in [6.45, 7) is 4.84. The Bertz CT molecular complexity index is 1040. The number of rotatable bonds is 11. The minimum Gasteiger partial charge on any atom is -0.354 e. The van der Waals surface area contributed by atoms with Crippen LogP contribution in [0.4, 0.5) is 4.39 Å². The molecule has 5 heteroatoms. The lowest BCUT2D eigenvalue weighted by molar-refractivity contribution is -0.141. The van der Waals surface area contributed by atoms with Gasteiger partial charge in [0.15, 0.2) is 0 Å². The summed E-state index contributed by atoms with van der Waals surface area (Å²) < 4.78 is 13.5. The third-order valence-corrected chi connectivity index (χ3v) is 5.69. The number of benzene rings is 3. The van der Waals surface area contributed by atoms with Crippen LogP contribution in [0.3, 0.4) is 0 Å². The Labute approximate surface area is 201 Å². The minimum absolute atomic E-state index is 0.103. The normalized spacial score (nSPS) is 11.8. The first-order valence-corrected chi connectivity index (χ1v) is 11.8. The average molecular weight is 461 g/mol. The van der Waals surface area contributed by atoms with Gasteiger partial charge in [0, 0.05) is 25.9 Å². The molecular formula is C29H33FN2O2. The van der Waals surface area contributed by atoms with E-state index >= 15 is 0 Å². The van der Waals surface area contributed by atoms with Gasteiger partial charge in [0.1, 0.15) is 11.9 Å². The van der Waals surface area contributed by atoms with Crippen LogP contribution < -0.4 is 5.32 Å². The van der Waals surface area contributed by atoms with E-state index < -0.39 is 6.04 Å². The first kappa shape index (κ1) is 25.2. The molecule has 2 amide bonds. The number of carbonyl (C=O) groups excluding carboxylic acids is 2. The summed E-state index contributed by atoms with van der Waals surface area (Å²) in [6, 6.07) is 25.0. The molecule has 0 heterocycles. The van der Waals surface area contributed by atoms with Crippen LogP contribution in [0.25, 0.3) is 0 Å². The number of carbonyl (C=O) groups is 2. The van der Waals surface area contributed by atoms with E-state index in [0.29, 0.717) is 25.3 Å². The van der Waals surface area contributed by atoms with Crippen molar-refractivity contribution < 1.29 is 14.0 Å². The fraction of sp³-hybridized carbons (Fsp3) is 0.310. The first-order valence-electron chi connectivity index (χ1n) is 11.8. The van der Waals surface area contributed by atoms with Crippen LogP contribution in [-0.4, -0.2) is 29.3 Å². The number of hydrogen-bond acceptors (Lipinski definition) is 2. The fourth-order valence-electron chi connectivity index (χ4n) is 3.80. The van der Waals surface area contributed by atoms with E-state index in [4.69, 9.17) is 0 Å². The number of halogens is 1. The smallest absolute Gasteiger partial charge is 0.243 e. The summed E-state index contributed by atoms with van der Waals surface area (Å²) in [7, 11) is 0. The fourth-order valence-corrected chi connectivity index (χ4v) is 3.80. The molecule has 1 atom stereocenters. The molecule has 3 rings (SSSR count). The molecule has 3 aromatic carbocycles. The highest BCUT2D eigenvalue weighted by Gasteiger charge is 2.30. The summed E-state index contributed by atoms with van der Waals surface area (Å²) in [5.74, 6) is -0.316. The van der Waals surface area contributed by atoms with Crippen LogP contribution in [0.1, 0.15) is 37.0 Å². The van der Waals surface area contributed by atoms with Gasteiger partial charge in [-0.1, -0.05) is 86.6 Å². The predicted molar refractivity (Wildman–Crippen MR) is 133 cm³/mol. The summed E-state index contributed by atoms with van der Waals surface area (Å²) in [5, 5.41) is 3.01. The van der Waals surface area contributed by atoms with Crippen molar-refractivity contribution in [2.45, 2.75) is 45.7 Å². The molecule has 0 aliphatic heterocycles. The monoisotopic (exact) mass is 460 g/mol. The number of hydrogen-bond donors (Lipinski definition) is 1. The van der Waals surface area contributed by atoms with Crippen molar-refractivity contribution >= 4 is 11.8 Å². The lowest BCUT2D eigenvalue weighted by Gasteiger charge is -2.32. The van der Waals surface area contributed by atoms with E-state index in [-0.39, 0.29) is 30.6 Å². The van der Waals surface area contributed by atoms with Crippen molar-refractivity contribution in [2.75, 3.05) is 6.54 Å². The molecule has 0 radical (unpaired) electrons. The van der Waals surface area contributed by atoms with Gasteiger partial charge in [-0.05, 0) is 41.2 Å². The molecule has 0 saturated heterocycles. The Morgan fingerprint density at radius 3 is 2.00 bits per heavy atom. The summed E-state index contributed by atoms with van der Waals surface area (Å²) in [6.07, 6.45) is 1.28. The Morgan fingerprint density at radius 1 is 0.824 bits per heavy atom. The predicted octanol–water partition coefficient (Wildman–Crippen LogP) is 5.17. The van der Waals surface area contributed by atoms with Gasteiger partial charge in [-0.15, -0.1) is 0 Å². The summed E-state index contributed by atoms with van der Waals surface area (Å²) in [4.78, 5) is 28.5. The number of aryl methyl sites for hydroxylation is 1. The third kappa shape index (κ3) is 7.84. The molecule has 0 aliphatic rings. The van der Waals surface area contributed by atoms with E-state index in [1.807, 2.05) is 74.5 Å². The minimum atomic E-state index is -0.672. The molecule has 0 saturated carbocycles. The lowest BCUT2D eigenvalue weighted by atomic mass is 10.0. The van der Waals surface area contributed by atoms with Crippen molar-refractivity contribution in [3.05, 3.63) is 107 Å². The van der Waals surface area contributed by atoms with Gasteiger partial charge in [-0.2, -0.15) is 0 Å². The number of nitrogens with zero attached hydrogens (tertiary/aromatic N) is 1. The first-order chi connectivity index (χ1) is 16.4. The molecule has 4 nitrogen and oxygen atoms in total. The summed E-state index contributed by atoms with van der Waals surface area (Å²) in [5.41, 5.74) is 2.83. The van der Waals surface area contributed by atoms with Crippen LogP contribution in [-0.2, 0) is 29.0 Å². The molecule has 0 aromatic heterocycles. The molecule has 0 spiro atoms. The average Bonchev–Trinajstić information content (AvgIpc) is 2.85. The van der Waals surface area contributed by atoms with Gasteiger partial charge in [0.05, 0.1) is 0 Å². The Balaban J connectivity index is 1.88. The van der Waals surface area contributed by atoms with Gasteiger partial charge < -0.3 is 10.2 Å². The number of amides is 2. The third-order valence-electron chi connectivity index (χ3n) is 5.69. The molecule has 1 unspecified atom stereocenters. The van der Waals surface area contributed by atoms with Crippen molar-refractivity contribution in [1.29, 1.82) is 0 Å². The zero-order valence-electron chi connectivity index (χ0n) is 19.9. The van der Waals surface area contributed by atoms with Gasteiger partial charge >= 0.3 is 0 Å². The van der Waals surface area contributed by atoms with Gasteiger partial charge in [-0.3, -0.25) is 9.59 Å². The Hall–Kier alpha value is -3.47. The van der Waals surface area contributed by atoms with E-state index in [1.165, 1.54) is 12.1 Å². The zero-order chi connectivity index (χ0) is 24.3. The van der Waals surface area contributed by atoms with E-state index in [0.717, 1.165) is 16.7 Å². The maximum Gasteiger partial charge on any atom is 0.243 e. The second-order valence-corrected chi connectivity index (χ2v) is 8.98. The van der Waals surface area contributed by atoms with Crippen LogP contribution in [0.5, 0.6) is 0 Å². The number of nitrogens with one attached hydrogen (secondary N) is 1. The second-order valence-electron chi connectivity index (χ2n) is 8.98. The second kappa shape index (κ2) is 12.7. The molecule has 178 valence electrons. The van der Waals surface area contributed by atoms with Crippen LogP contribution in [0.15, 0.2) is 84.9 Å². The molecule has 0 aliphatic carbocycles. The highest BCUT2D eigenvalue weighted by Crippen LogP contribution is 2.17. The van der Waals surface area contributed by atoms with Gasteiger partial charge in [0.2, 0.25) is 11.8 Å². The highest BCUT2D eigenvalue weighted by atomic mass is 19.1. The van der Waals surface area contributed by atoms with Gasteiger partial charge in [0.25, 0.3) is 0 Å². The van der Waals surface area contributed by atoms with Crippen LogP contribution in [0, 0.1) is 11.7 Å². The quantitative estimate of drug-likeness (QED) is 0.429. The van der Waals surface area contributed by atoms with Crippen molar-refractivity contribution in [3.8, 4) is 0 Å². The van der Waals surface area contributed by atoms with Crippen LogP contribution >= 0.6 is 0 Å². The zero-order valence-corrected chi connectivity index (χ0v) is 19.9. The highest BCUT2D eigenvalue weighted by molar-refractivity contribution is 5.88. The largest absolute Gasteiger partial charge is 0.354 e. The molecule has 0 fully saturated rings. The SMILES string of the molecule is CC(C)CNC(=O)C(Cc1ccccc1)N(Cc1ccc(F)cc1)C(=O)CCc1ccccc1. The Kier molecular flexibility index (Phi) is 9.39. The van der Waals surface area contributed by atoms with E-state index in [9.17, 15) is 14.0 Å². The van der Waals surface area contributed by atoms with E-state index in [1.54, 1.807) is 17.0 Å². The summed E-state index contributed by atoms with van der Waals surface area (Å²) >= 11 is 0. The molecule has 34 heavy (non-hydrogen) atoms. The lowest BCUT2D eigenvalue weighted by Crippen LogP contribution is -2.51. The maximum absolute atomic E-state index is 13.5. The molecule has 3 aromatic rings. The molecule has 1 N–H and O–H groups in total. The van der Waals surface area contributed by atoms with Crippen molar-refractivity contribution in [2.24, 2.45) is 5.92 Å². The standard InChI is InChI=1S/C29H33FN2O2/c1-22(2)20-31-29(34)27(19-24-11-7-4-8-12-24)32(21-25-13-16-26(30)17-14-25)28(33)18-15-23-9-5-3-6-10-23/h3-14,16-17,22,27H,15,18-21H2,1-2H3,(H,31,34). The topological polar surface area (TPSA) is 49.4 Å². The van der Waals surface area contributed by atoms with Crippen molar-refractivity contribution in [1.82, 2.24) is 10.2 Å². The molecular weight excluding hydrogens is 427 g/mol. The Morgan fingerprint density at radius 2 is 1.41 bits per heavy atom. The van der Waals surface area contributed by atoms with Gasteiger partial charge in [-0.25, -0.2) is 4.39 Å². The van der Waals surface area contributed by atoms with Crippen molar-refractivity contribution in [3.63, 3.8) is 0 Å². The van der Waals surface area contributed by atoms with E-state index in [2.05, 4.69) is 5.32 Å². The maximum atomic E-state index is 13.5. The van der Waals surface area contributed by atoms with Crippen LogP contribution in [0.2, 0.25) is 0 Å². The molecule has 0 bridgehead atoms.